The number of rotatable bonds is 1. The molecule has 0 aliphatic carbocycles. The van der Waals surface area contributed by atoms with Gasteiger partial charge in [0, 0.05) is 16.1 Å². The maximum absolute atomic E-state index is 5.86. The summed E-state index contributed by atoms with van der Waals surface area (Å²) in [6.45, 7) is 0. The van der Waals surface area contributed by atoms with E-state index >= 15 is 0 Å². The highest BCUT2D eigenvalue weighted by atomic mass is 35.5. The molecule has 0 unspecified atom stereocenters. The molecule has 2 rings (SSSR count). The highest BCUT2D eigenvalue weighted by molar-refractivity contribution is 6.34. The van der Waals surface area contributed by atoms with E-state index in [2.05, 4.69) is 5.10 Å². The quantitative estimate of drug-likeness (QED) is 0.807. The number of halogens is 2. The van der Waals surface area contributed by atoms with Crippen LogP contribution in [0.15, 0.2) is 24.3 Å². The summed E-state index contributed by atoms with van der Waals surface area (Å²) in [5.74, 6) is 0.787. The molecule has 4 nitrogen and oxygen atoms in total. The van der Waals surface area contributed by atoms with Gasteiger partial charge in [-0.3, -0.25) is 0 Å². The fraction of sp³-hybridized carbons (Fsp3) is 0. The molecule has 1 heterocycles. The van der Waals surface area contributed by atoms with Gasteiger partial charge in [0.2, 0.25) is 0 Å². The summed E-state index contributed by atoms with van der Waals surface area (Å²) in [5.41, 5.74) is 11.9. The molecule has 0 aliphatic heterocycles. The Balaban J connectivity index is 2.58. The van der Waals surface area contributed by atoms with E-state index in [0.29, 0.717) is 27.4 Å². The molecule has 0 aliphatic rings. The van der Waals surface area contributed by atoms with Gasteiger partial charge in [0.1, 0.15) is 11.6 Å². The first kappa shape index (κ1) is 10.1. The number of nitrogens with zero attached hydrogens (tertiary/aromatic N) is 2. The lowest BCUT2D eigenvalue weighted by molar-refractivity contribution is 0.897. The van der Waals surface area contributed by atoms with Crippen molar-refractivity contribution in [1.82, 2.24) is 9.78 Å². The second-order valence-electron chi connectivity index (χ2n) is 3.03. The first-order valence-electron chi connectivity index (χ1n) is 4.14. The van der Waals surface area contributed by atoms with Crippen LogP contribution in [0, 0.1) is 0 Å². The molecule has 1 aromatic heterocycles. The van der Waals surface area contributed by atoms with Gasteiger partial charge in [-0.2, -0.15) is 0 Å². The third-order valence-electron chi connectivity index (χ3n) is 1.85. The number of benzene rings is 1. The summed E-state index contributed by atoms with van der Waals surface area (Å²) in [4.78, 5) is 0. The van der Waals surface area contributed by atoms with Crippen LogP contribution in [0.5, 0.6) is 0 Å². The van der Waals surface area contributed by atoms with Gasteiger partial charge in [-0.15, -0.1) is 5.10 Å². The molecule has 4 N–H and O–H groups in total. The largest absolute Gasteiger partial charge is 0.384 e. The minimum Gasteiger partial charge on any atom is -0.384 e. The number of hydrogen-bond donors (Lipinski definition) is 2. The monoisotopic (exact) mass is 242 g/mol. The molecule has 78 valence electrons. The number of nitrogens with two attached hydrogens (primary N) is 2. The summed E-state index contributed by atoms with van der Waals surface area (Å²) in [7, 11) is 0. The van der Waals surface area contributed by atoms with Crippen LogP contribution in [0.25, 0.3) is 5.69 Å². The van der Waals surface area contributed by atoms with E-state index in [0.717, 1.165) is 0 Å². The fourth-order valence-electron chi connectivity index (χ4n) is 1.28. The van der Waals surface area contributed by atoms with Gasteiger partial charge in [0.05, 0.1) is 5.69 Å². The standard InChI is InChI=1S/C9H8Cl2N4/c10-5-1-6(11)3-7(2-5)15-9(13)4-8(12)14-15/h1-4H,13H2,(H2,12,14). The Kier molecular flexibility index (Phi) is 2.46. The van der Waals surface area contributed by atoms with Crippen LogP contribution in [0.1, 0.15) is 0 Å². The molecule has 0 saturated carbocycles. The zero-order valence-electron chi connectivity index (χ0n) is 7.61. The molecular formula is C9H8Cl2N4. The number of anilines is 2. The smallest absolute Gasteiger partial charge is 0.148 e. The Morgan fingerprint density at radius 1 is 1.00 bits per heavy atom. The second kappa shape index (κ2) is 3.64. The van der Waals surface area contributed by atoms with Crippen LogP contribution >= 0.6 is 23.2 Å². The van der Waals surface area contributed by atoms with Gasteiger partial charge in [-0.05, 0) is 18.2 Å². The van der Waals surface area contributed by atoms with E-state index < -0.39 is 0 Å². The van der Waals surface area contributed by atoms with Crippen molar-refractivity contribution in [3.05, 3.63) is 34.3 Å². The van der Waals surface area contributed by atoms with Crippen molar-refractivity contribution in [2.75, 3.05) is 11.5 Å². The van der Waals surface area contributed by atoms with Gasteiger partial charge in [0.15, 0.2) is 0 Å². The van der Waals surface area contributed by atoms with Gasteiger partial charge in [-0.1, -0.05) is 23.2 Å². The van der Waals surface area contributed by atoms with Gasteiger partial charge < -0.3 is 11.5 Å². The molecular weight excluding hydrogens is 235 g/mol. The molecule has 0 amide bonds. The predicted molar refractivity (Wildman–Crippen MR) is 62.4 cm³/mol. The third kappa shape index (κ3) is 2.00. The molecule has 1 aromatic carbocycles. The van der Waals surface area contributed by atoms with Crippen molar-refractivity contribution in [3.63, 3.8) is 0 Å². The molecule has 15 heavy (non-hydrogen) atoms. The summed E-state index contributed by atoms with van der Waals surface area (Å²) < 4.78 is 1.48. The minimum atomic E-state index is 0.351. The molecule has 0 radical (unpaired) electrons. The van der Waals surface area contributed by atoms with E-state index in [1.165, 1.54) is 4.68 Å². The first-order chi connectivity index (χ1) is 7.06. The van der Waals surface area contributed by atoms with Crippen molar-refractivity contribution in [2.24, 2.45) is 0 Å². The molecule has 0 bridgehead atoms. The Morgan fingerprint density at radius 3 is 2.07 bits per heavy atom. The Bertz CT molecular complexity index is 487. The summed E-state index contributed by atoms with van der Waals surface area (Å²) in [6.07, 6.45) is 0. The summed E-state index contributed by atoms with van der Waals surface area (Å²) in [6, 6.07) is 6.61. The molecule has 6 heteroatoms. The van der Waals surface area contributed by atoms with E-state index in [-0.39, 0.29) is 0 Å². The van der Waals surface area contributed by atoms with Gasteiger partial charge >= 0.3 is 0 Å². The van der Waals surface area contributed by atoms with Gasteiger partial charge in [0.25, 0.3) is 0 Å². The molecule has 0 atom stereocenters. The van der Waals surface area contributed by atoms with Crippen molar-refractivity contribution in [2.45, 2.75) is 0 Å². The molecule has 0 spiro atoms. The summed E-state index contributed by atoms with van der Waals surface area (Å²) in [5, 5.41) is 5.05. The van der Waals surface area contributed by atoms with Crippen LogP contribution in [0.2, 0.25) is 10.0 Å². The van der Waals surface area contributed by atoms with E-state index in [1.807, 2.05) is 0 Å². The van der Waals surface area contributed by atoms with E-state index in [9.17, 15) is 0 Å². The SMILES string of the molecule is Nc1cc(N)n(-c2cc(Cl)cc(Cl)c2)n1. The zero-order valence-corrected chi connectivity index (χ0v) is 9.13. The van der Waals surface area contributed by atoms with Crippen molar-refractivity contribution >= 4 is 34.8 Å². The van der Waals surface area contributed by atoms with Crippen LogP contribution < -0.4 is 11.5 Å². The number of hydrogen-bond acceptors (Lipinski definition) is 3. The second-order valence-corrected chi connectivity index (χ2v) is 3.91. The zero-order chi connectivity index (χ0) is 11.0. The van der Waals surface area contributed by atoms with E-state index in [1.54, 1.807) is 24.3 Å². The van der Waals surface area contributed by atoms with Crippen molar-refractivity contribution in [1.29, 1.82) is 0 Å². The van der Waals surface area contributed by atoms with Crippen LogP contribution in [0.3, 0.4) is 0 Å². The van der Waals surface area contributed by atoms with E-state index in [4.69, 9.17) is 34.7 Å². The summed E-state index contributed by atoms with van der Waals surface area (Å²) >= 11 is 11.7. The number of nitrogen functional groups attached to an aromatic ring is 2. The average Bonchev–Trinajstić information content (AvgIpc) is 2.43. The number of aromatic nitrogens is 2. The molecule has 2 aromatic rings. The fourth-order valence-corrected chi connectivity index (χ4v) is 1.80. The highest BCUT2D eigenvalue weighted by Crippen LogP contribution is 2.23. The average molecular weight is 243 g/mol. The van der Waals surface area contributed by atoms with Gasteiger partial charge in [-0.25, -0.2) is 4.68 Å². The first-order valence-corrected chi connectivity index (χ1v) is 4.89. The van der Waals surface area contributed by atoms with Crippen LogP contribution in [-0.2, 0) is 0 Å². The lowest BCUT2D eigenvalue weighted by atomic mass is 10.3. The Labute approximate surface area is 96.4 Å². The third-order valence-corrected chi connectivity index (χ3v) is 2.28. The van der Waals surface area contributed by atoms with Crippen LogP contribution in [-0.4, -0.2) is 9.78 Å². The predicted octanol–water partition coefficient (Wildman–Crippen LogP) is 2.34. The highest BCUT2D eigenvalue weighted by Gasteiger charge is 2.06. The normalized spacial score (nSPS) is 10.5. The lowest BCUT2D eigenvalue weighted by Crippen LogP contribution is -2.01. The minimum absolute atomic E-state index is 0.351. The lowest BCUT2D eigenvalue weighted by Gasteiger charge is -2.04. The maximum atomic E-state index is 5.86. The molecule has 0 fully saturated rings. The molecule has 0 saturated heterocycles. The van der Waals surface area contributed by atoms with Crippen molar-refractivity contribution in [3.8, 4) is 5.69 Å². The maximum Gasteiger partial charge on any atom is 0.148 e. The van der Waals surface area contributed by atoms with Crippen molar-refractivity contribution < 1.29 is 0 Å². The topological polar surface area (TPSA) is 69.9 Å². The van der Waals surface area contributed by atoms with Crippen LogP contribution in [0.4, 0.5) is 11.6 Å². The Morgan fingerprint density at radius 2 is 1.60 bits per heavy atom. The Hall–Kier alpha value is -1.39.